The second kappa shape index (κ2) is 3.51. The Hall–Kier alpha value is 0.867. The van der Waals surface area contributed by atoms with Crippen LogP contribution in [-0.2, 0) is 4.74 Å². The van der Waals surface area contributed by atoms with Gasteiger partial charge < -0.3 is 10.5 Å². The molecule has 0 aliphatic rings. The minimum absolute atomic E-state index is 0.0283. The van der Waals surface area contributed by atoms with E-state index in [-0.39, 0.29) is 3.23 Å². The third-order valence-electron chi connectivity index (χ3n) is 1.69. The summed E-state index contributed by atoms with van der Waals surface area (Å²) < 4.78 is 5.39. The van der Waals surface area contributed by atoms with Crippen molar-refractivity contribution in [3.05, 3.63) is 0 Å². The number of hydrogen-bond acceptors (Lipinski definition) is 2. The number of rotatable bonds is 3. The molecule has 0 saturated carbocycles. The first-order valence-corrected chi connectivity index (χ1v) is 7.92. The summed E-state index contributed by atoms with van der Waals surface area (Å²) in [6.45, 7) is 9.25. The van der Waals surface area contributed by atoms with Gasteiger partial charge in [-0.1, -0.05) is 42.2 Å². The molecule has 0 aliphatic heterocycles. The number of alkyl halides is 1. The zero-order valence-corrected chi connectivity index (χ0v) is 10.2. The lowest BCUT2D eigenvalue weighted by Gasteiger charge is -2.34. The van der Waals surface area contributed by atoms with Gasteiger partial charge in [-0.3, -0.25) is 0 Å². The molecular weight excluding hydrogens is 257 g/mol. The fraction of sp³-hybridized carbons (Fsp3) is 1.00. The summed E-state index contributed by atoms with van der Waals surface area (Å²) in [6.07, 6.45) is 0. The molecule has 1 unspecified atom stereocenters. The molecule has 0 saturated heterocycles. The van der Waals surface area contributed by atoms with Crippen LogP contribution in [0.1, 0.15) is 6.92 Å². The van der Waals surface area contributed by atoms with Crippen LogP contribution in [0.3, 0.4) is 0 Å². The molecule has 0 radical (unpaired) electrons. The molecule has 2 N–H and O–H groups in total. The van der Waals surface area contributed by atoms with Gasteiger partial charge in [-0.05, 0) is 6.92 Å². The van der Waals surface area contributed by atoms with E-state index in [0.717, 1.165) is 0 Å². The van der Waals surface area contributed by atoms with Crippen LogP contribution in [0.5, 0.6) is 0 Å². The lowest BCUT2D eigenvalue weighted by Crippen LogP contribution is -2.47. The fourth-order valence-corrected chi connectivity index (χ4v) is 1.07. The zero-order valence-electron chi connectivity index (χ0n) is 7.07. The molecule has 10 heavy (non-hydrogen) atoms. The molecule has 0 heterocycles. The molecule has 4 heteroatoms. The van der Waals surface area contributed by atoms with Crippen LogP contribution in [0.2, 0.25) is 19.6 Å². The van der Waals surface area contributed by atoms with Gasteiger partial charge in [0, 0.05) is 0 Å². The molecule has 0 aromatic carbocycles. The van der Waals surface area contributed by atoms with Crippen LogP contribution in [0.4, 0.5) is 0 Å². The van der Waals surface area contributed by atoms with Gasteiger partial charge in [0.1, 0.15) is 3.23 Å². The first-order valence-electron chi connectivity index (χ1n) is 3.34. The molecule has 1 atom stereocenters. The van der Waals surface area contributed by atoms with E-state index in [1.807, 2.05) is 0 Å². The maximum atomic E-state index is 5.42. The highest BCUT2D eigenvalue weighted by atomic mass is 127. The van der Waals surface area contributed by atoms with E-state index in [1.165, 1.54) is 0 Å². The molecule has 0 aromatic rings. The summed E-state index contributed by atoms with van der Waals surface area (Å²) in [7, 11) is -1.22. The Kier molecular flexibility index (Phi) is 3.81. The lowest BCUT2D eigenvalue weighted by atomic mass is 10.8. The Balaban J connectivity index is 4.10. The summed E-state index contributed by atoms with van der Waals surface area (Å²) in [5.74, 6) is 0. The summed E-state index contributed by atoms with van der Waals surface area (Å²) >= 11 is 2.34. The SMILES string of the molecule is CC(I)(OCN)[Si](C)(C)C. The Labute approximate surface area is 77.7 Å². The zero-order chi connectivity index (χ0) is 8.41. The standard InChI is InChI=1S/C6H16INOSi/c1-6(7,9-5-8)10(2,3)4/h5,8H2,1-4H3. The van der Waals surface area contributed by atoms with Gasteiger partial charge in [-0.25, -0.2) is 0 Å². The van der Waals surface area contributed by atoms with Gasteiger partial charge >= 0.3 is 0 Å². The molecule has 62 valence electrons. The highest BCUT2D eigenvalue weighted by Gasteiger charge is 2.37. The van der Waals surface area contributed by atoms with Gasteiger partial charge in [-0.2, -0.15) is 0 Å². The number of halogens is 1. The second-order valence-electron chi connectivity index (χ2n) is 3.48. The number of hydrogen-bond donors (Lipinski definition) is 1. The maximum absolute atomic E-state index is 5.42. The van der Waals surface area contributed by atoms with Crippen molar-refractivity contribution in [3.8, 4) is 0 Å². The average molecular weight is 273 g/mol. The van der Waals surface area contributed by atoms with E-state index < -0.39 is 8.07 Å². The van der Waals surface area contributed by atoms with Crippen molar-refractivity contribution in [1.82, 2.24) is 0 Å². The van der Waals surface area contributed by atoms with Crippen molar-refractivity contribution in [2.24, 2.45) is 5.73 Å². The largest absolute Gasteiger partial charge is 0.354 e. The van der Waals surface area contributed by atoms with Crippen LogP contribution in [0, 0.1) is 0 Å². The topological polar surface area (TPSA) is 35.2 Å². The molecule has 0 spiro atoms. The summed E-state index contributed by atoms with van der Waals surface area (Å²) in [5.41, 5.74) is 5.31. The van der Waals surface area contributed by atoms with E-state index in [4.69, 9.17) is 10.5 Å². The lowest BCUT2D eigenvalue weighted by molar-refractivity contribution is 0.106. The summed E-state index contributed by atoms with van der Waals surface area (Å²) in [5, 5.41) is 0. The summed E-state index contributed by atoms with van der Waals surface area (Å²) in [4.78, 5) is 0. The van der Waals surface area contributed by atoms with E-state index in [1.54, 1.807) is 0 Å². The molecule has 0 aromatic heterocycles. The van der Waals surface area contributed by atoms with E-state index in [2.05, 4.69) is 49.2 Å². The van der Waals surface area contributed by atoms with Gasteiger partial charge in [0.05, 0.1) is 14.8 Å². The van der Waals surface area contributed by atoms with Crippen molar-refractivity contribution in [3.63, 3.8) is 0 Å². The highest BCUT2D eigenvalue weighted by Crippen LogP contribution is 2.30. The minimum Gasteiger partial charge on any atom is -0.354 e. The first-order chi connectivity index (χ1) is 4.31. The minimum atomic E-state index is -1.22. The second-order valence-corrected chi connectivity index (χ2v) is 12.0. The fourth-order valence-electron chi connectivity index (χ4n) is 0.373. The van der Waals surface area contributed by atoms with E-state index >= 15 is 0 Å². The maximum Gasteiger partial charge on any atom is 0.105 e. The average Bonchev–Trinajstić information content (AvgIpc) is 1.61. The smallest absolute Gasteiger partial charge is 0.105 e. The quantitative estimate of drug-likeness (QED) is 0.369. The highest BCUT2D eigenvalue weighted by molar-refractivity contribution is 14.1. The van der Waals surface area contributed by atoms with Crippen LogP contribution in [0.15, 0.2) is 0 Å². The van der Waals surface area contributed by atoms with Gasteiger partial charge in [-0.15, -0.1) is 0 Å². The van der Waals surface area contributed by atoms with Crippen LogP contribution in [-0.4, -0.2) is 18.0 Å². The van der Waals surface area contributed by atoms with Crippen molar-refractivity contribution in [2.45, 2.75) is 29.8 Å². The Morgan fingerprint density at radius 2 is 1.90 bits per heavy atom. The van der Waals surface area contributed by atoms with E-state index in [0.29, 0.717) is 6.73 Å². The summed E-state index contributed by atoms with van der Waals surface area (Å²) in [6, 6.07) is 0. The van der Waals surface area contributed by atoms with Crippen LogP contribution >= 0.6 is 22.6 Å². The predicted molar refractivity (Wildman–Crippen MR) is 55.9 cm³/mol. The van der Waals surface area contributed by atoms with Crippen molar-refractivity contribution >= 4 is 30.7 Å². The van der Waals surface area contributed by atoms with Crippen LogP contribution < -0.4 is 5.73 Å². The van der Waals surface area contributed by atoms with Crippen molar-refractivity contribution in [1.29, 1.82) is 0 Å². The Morgan fingerprint density at radius 3 is 2.00 bits per heavy atom. The molecule has 0 rings (SSSR count). The molecule has 0 fully saturated rings. The van der Waals surface area contributed by atoms with E-state index in [9.17, 15) is 0 Å². The van der Waals surface area contributed by atoms with Crippen molar-refractivity contribution in [2.75, 3.05) is 6.73 Å². The van der Waals surface area contributed by atoms with Crippen LogP contribution in [0.25, 0.3) is 0 Å². The molecule has 0 aliphatic carbocycles. The number of nitrogens with two attached hydrogens (primary N) is 1. The molecule has 0 bridgehead atoms. The molecule has 0 amide bonds. The third-order valence-corrected chi connectivity index (χ3v) is 9.68. The Bertz CT molecular complexity index is 111. The number of ether oxygens (including phenoxy) is 1. The molecular formula is C6H16INOSi. The first kappa shape index (κ1) is 10.9. The van der Waals surface area contributed by atoms with Gasteiger partial charge in [0.15, 0.2) is 0 Å². The van der Waals surface area contributed by atoms with Gasteiger partial charge in [0.2, 0.25) is 0 Å². The molecule has 2 nitrogen and oxygen atoms in total. The van der Waals surface area contributed by atoms with Crippen molar-refractivity contribution < 1.29 is 4.74 Å². The Morgan fingerprint density at radius 1 is 1.50 bits per heavy atom. The third kappa shape index (κ3) is 2.85. The predicted octanol–water partition coefficient (Wildman–Crippen LogP) is 1.95. The van der Waals surface area contributed by atoms with Gasteiger partial charge in [0.25, 0.3) is 0 Å². The normalized spacial score (nSPS) is 18.6. The monoisotopic (exact) mass is 273 g/mol.